The minimum atomic E-state index is 0.573. The molecule has 0 unspecified atom stereocenters. The van der Waals surface area contributed by atoms with Crippen molar-refractivity contribution in [3.05, 3.63) is 53.6 Å². The number of hydrazone groups is 1. The van der Waals surface area contributed by atoms with Crippen LogP contribution in [0.1, 0.15) is 36.3 Å². The maximum atomic E-state index is 5.65. The molecular formula is C21H25N5O. The average molecular weight is 363 g/mol. The number of hydrogen-bond donors (Lipinski definition) is 4. The number of rotatable bonds is 4. The Kier molecular flexibility index (Phi) is 4.02. The van der Waals surface area contributed by atoms with Gasteiger partial charge < -0.3 is 10.1 Å². The number of nitrogens with one attached hydrogen (secondary N) is 4. The second-order valence-electron chi connectivity index (χ2n) is 7.73. The number of hydrogen-bond acceptors (Lipinski definition) is 6. The van der Waals surface area contributed by atoms with Crippen molar-refractivity contribution in [2.24, 2.45) is 10.5 Å². The topological polar surface area (TPSA) is 69.7 Å². The van der Waals surface area contributed by atoms with Crippen LogP contribution in [0.2, 0.25) is 0 Å². The quantitative estimate of drug-likeness (QED) is 0.672. The monoisotopic (exact) mass is 363 g/mol. The molecule has 5 rings (SSSR count). The van der Waals surface area contributed by atoms with Crippen LogP contribution in [0.5, 0.6) is 5.75 Å². The molecule has 1 atom stereocenters. The van der Waals surface area contributed by atoms with Crippen LogP contribution >= 0.6 is 0 Å². The molecular weight excluding hydrogens is 338 g/mol. The fourth-order valence-corrected chi connectivity index (χ4v) is 4.60. The second-order valence-corrected chi connectivity index (χ2v) is 7.73. The SMILES string of the molecule is COc1cc(C2=NNNN2)ccc1-c1ccc([C@H]2CC23CCNCC3)cc1. The zero-order valence-electron chi connectivity index (χ0n) is 15.5. The molecule has 4 N–H and O–H groups in total. The molecule has 6 heteroatoms. The highest BCUT2D eigenvalue weighted by Gasteiger charge is 2.54. The average Bonchev–Trinajstić information content (AvgIpc) is 3.16. The van der Waals surface area contributed by atoms with Crippen molar-refractivity contribution in [2.75, 3.05) is 20.2 Å². The van der Waals surface area contributed by atoms with Gasteiger partial charge in [0.15, 0.2) is 5.84 Å². The van der Waals surface area contributed by atoms with Gasteiger partial charge in [0.05, 0.1) is 7.11 Å². The molecule has 0 bridgehead atoms. The molecule has 0 amide bonds. The van der Waals surface area contributed by atoms with Crippen LogP contribution < -0.4 is 26.5 Å². The van der Waals surface area contributed by atoms with Gasteiger partial charge in [-0.15, -0.1) is 10.6 Å². The third-order valence-corrected chi connectivity index (χ3v) is 6.29. The third kappa shape index (κ3) is 2.95. The van der Waals surface area contributed by atoms with Crippen LogP contribution in [-0.2, 0) is 0 Å². The lowest BCUT2D eigenvalue weighted by Gasteiger charge is -2.23. The summed E-state index contributed by atoms with van der Waals surface area (Å²) in [7, 11) is 1.71. The van der Waals surface area contributed by atoms with E-state index >= 15 is 0 Å². The van der Waals surface area contributed by atoms with E-state index in [0.29, 0.717) is 5.41 Å². The lowest BCUT2D eigenvalue weighted by molar-refractivity contribution is 0.342. The summed E-state index contributed by atoms with van der Waals surface area (Å²) in [4.78, 5) is 0. The number of methoxy groups -OCH3 is 1. The van der Waals surface area contributed by atoms with E-state index < -0.39 is 0 Å². The summed E-state index contributed by atoms with van der Waals surface area (Å²) in [5.41, 5.74) is 13.7. The number of nitrogens with zero attached hydrogens (tertiary/aromatic N) is 1. The predicted octanol–water partition coefficient (Wildman–Crippen LogP) is 2.49. The highest BCUT2D eigenvalue weighted by Crippen LogP contribution is 2.64. The number of amidine groups is 1. The molecule has 2 aromatic rings. The molecule has 1 spiro atoms. The van der Waals surface area contributed by atoms with E-state index in [4.69, 9.17) is 4.74 Å². The molecule has 1 saturated heterocycles. The van der Waals surface area contributed by atoms with Gasteiger partial charge in [-0.25, -0.2) is 5.53 Å². The molecule has 2 aliphatic heterocycles. The Balaban J connectivity index is 1.38. The van der Waals surface area contributed by atoms with E-state index in [1.54, 1.807) is 7.11 Å². The van der Waals surface area contributed by atoms with E-state index in [0.717, 1.165) is 28.6 Å². The number of ether oxygens (including phenoxy) is 1. The molecule has 2 fully saturated rings. The van der Waals surface area contributed by atoms with Crippen LogP contribution in [0.25, 0.3) is 11.1 Å². The van der Waals surface area contributed by atoms with Crippen LogP contribution in [0.15, 0.2) is 47.6 Å². The standard InChI is InChI=1S/C21H25N5O/c1-27-19-12-16(20-23-25-26-24-20)6-7-17(19)14-2-4-15(5-3-14)18-13-21(18)8-10-22-11-9-21/h2-7,12,18,22,25-26H,8-11,13H2,1H3,(H,23,24)/t18-/m1/s1. The van der Waals surface area contributed by atoms with Crippen LogP contribution in [-0.4, -0.2) is 26.0 Å². The first-order chi connectivity index (χ1) is 13.3. The highest BCUT2D eigenvalue weighted by atomic mass is 16.5. The summed E-state index contributed by atoms with van der Waals surface area (Å²) >= 11 is 0. The number of hydrazine groups is 2. The number of benzene rings is 2. The highest BCUT2D eigenvalue weighted by molar-refractivity contribution is 6.00. The van der Waals surface area contributed by atoms with E-state index in [1.807, 2.05) is 6.07 Å². The van der Waals surface area contributed by atoms with Gasteiger partial charge in [0.1, 0.15) is 5.75 Å². The van der Waals surface area contributed by atoms with Crippen molar-refractivity contribution < 1.29 is 4.74 Å². The smallest absolute Gasteiger partial charge is 0.170 e. The Hall–Kier alpha value is -2.57. The summed E-state index contributed by atoms with van der Waals surface area (Å²) < 4.78 is 5.65. The summed E-state index contributed by atoms with van der Waals surface area (Å²) in [5, 5.41) is 7.63. The predicted molar refractivity (Wildman–Crippen MR) is 106 cm³/mol. The molecule has 2 aromatic carbocycles. The van der Waals surface area contributed by atoms with Gasteiger partial charge in [0.2, 0.25) is 0 Å². The molecule has 2 heterocycles. The first-order valence-electron chi connectivity index (χ1n) is 9.62. The van der Waals surface area contributed by atoms with Gasteiger partial charge in [0, 0.05) is 11.1 Å². The first-order valence-corrected chi connectivity index (χ1v) is 9.62. The minimum absolute atomic E-state index is 0.573. The van der Waals surface area contributed by atoms with Gasteiger partial charge >= 0.3 is 0 Å². The van der Waals surface area contributed by atoms with Crippen LogP contribution in [0, 0.1) is 5.41 Å². The van der Waals surface area contributed by atoms with Crippen molar-refractivity contribution in [3.8, 4) is 16.9 Å². The Morgan fingerprint density at radius 2 is 1.81 bits per heavy atom. The third-order valence-electron chi connectivity index (χ3n) is 6.29. The Morgan fingerprint density at radius 3 is 2.52 bits per heavy atom. The van der Waals surface area contributed by atoms with Gasteiger partial charge in [-0.2, -0.15) is 0 Å². The molecule has 1 saturated carbocycles. The van der Waals surface area contributed by atoms with Gasteiger partial charge in [-0.3, -0.25) is 5.43 Å². The van der Waals surface area contributed by atoms with E-state index in [-0.39, 0.29) is 0 Å². The van der Waals surface area contributed by atoms with E-state index in [9.17, 15) is 0 Å². The molecule has 3 aliphatic rings. The van der Waals surface area contributed by atoms with Crippen molar-refractivity contribution in [2.45, 2.75) is 25.2 Å². The summed E-state index contributed by atoms with van der Waals surface area (Å²) in [6, 6.07) is 15.2. The molecule has 1 aliphatic carbocycles. The van der Waals surface area contributed by atoms with Crippen molar-refractivity contribution in [1.29, 1.82) is 0 Å². The van der Waals surface area contributed by atoms with E-state index in [2.05, 4.69) is 63.3 Å². The molecule has 6 nitrogen and oxygen atoms in total. The van der Waals surface area contributed by atoms with Crippen molar-refractivity contribution >= 4 is 5.84 Å². The van der Waals surface area contributed by atoms with Gasteiger partial charge in [-0.1, -0.05) is 30.3 Å². The maximum Gasteiger partial charge on any atom is 0.170 e. The normalized spacial score (nSPS) is 22.7. The fraction of sp³-hybridized carbons (Fsp3) is 0.381. The van der Waals surface area contributed by atoms with Crippen LogP contribution in [0.3, 0.4) is 0 Å². The molecule has 27 heavy (non-hydrogen) atoms. The lowest BCUT2D eigenvalue weighted by atomic mass is 9.89. The second kappa shape index (κ2) is 6.55. The molecule has 0 aromatic heterocycles. The lowest BCUT2D eigenvalue weighted by Crippen LogP contribution is -2.35. The van der Waals surface area contributed by atoms with E-state index in [1.165, 1.54) is 43.5 Å². The summed E-state index contributed by atoms with van der Waals surface area (Å²) in [6.07, 6.45) is 3.98. The fourth-order valence-electron chi connectivity index (χ4n) is 4.60. The molecule has 0 radical (unpaired) electrons. The minimum Gasteiger partial charge on any atom is -0.496 e. The Labute approximate surface area is 159 Å². The molecule has 140 valence electrons. The first kappa shape index (κ1) is 16.6. The summed E-state index contributed by atoms with van der Waals surface area (Å²) in [5.74, 6) is 2.33. The summed E-state index contributed by atoms with van der Waals surface area (Å²) in [6.45, 7) is 2.34. The van der Waals surface area contributed by atoms with Crippen molar-refractivity contribution in [3.63, 3.8) is 0 Å². The zero-order chi connectivity index (χ0) is 18.3. The zero-order valence-corrected chi connectivity index (χ0v) is 15.5. The van der Waals surface area contributed by atoms with Gasteiger partial charge in [0.25, 0.3) is 0 Å². The van der Waals surface area contributed by atoms with Crippen LogP contribution in [0.4, 0.5) is 0 Å². The Bertz CT molecular complexity index is 871. The maximum absolute atomic E-state index is 5.65. The van der Waals surface area contributed by atoms with Gasteiger partial charge in [-0.05, 0) is 66.9 Å². The number of piperidine rings is 1. The largest absolute Gasteiger partial charge is 0.496 e. The van der Waals surface area contributed by atoms with Crippen molar-refractivity contribution in [1.82, 2.24) is 21.8 Å². The Morgan fingerprint density at radius 1 is 1.04 bits per heavy atom.